The fourth-order valence-corrected chi connectivity index (χ4v) is 3.60. The van der Waals surface area contributed by atoms with E-state index in [1.54, 1.807) is 23.1 Å². The summed E-state index contributed by atoms with van der Waals surface area (Å²) in [5, 5.41) is 12.8. The van der Waals surface area contributed by atoms with Crippen molar-refractivity contribution in [2.45, 2.75) is 58.3 Å². The van der Waals surface area contributed by atoms with Gasteiger partial charge in [-0.3, -0.25) is 4.79 Å². The summed E-state index contributed by atoms with van der Waals surface area (Å²) in [6, 6.07) is 14.6. The highest BCUT2D eigenvalue weighted by Crippen LogP contribution is 2.26. The molecule has 1 heterocycles. The second kappa shape index (κ2) is 10.4. The average Bonchev–Trinajstić information content (AvgIpc) is 2.73. The molecule has 0 spiro atoms. The van der Waals surface area contributed by atoms with Crippen LogP contribution >= 0.6 is 0 Å². The molecule has 0 aliphatic carbocycles. The van der Waals surface area contributed by atoms with Crippen LogP contribution in [0.3, 0.4) is 0 Å². The molecule has 2 N–H and O–H groups in total. The maximum absolute atomic E-state index is 12.9. The van der Waals surface area contributed by atoms with E-state index in [0.717, 1.165) is 5.56 Å². The fourth-order valence-electron chi connectivity index (χ4n) is 3.60. The van der Waals surface area contributed by atoms with Crippen LogP contribution in [0.25, 0.3) is 0 Å². The highest BCUT2D eigenvalue weighted by Gasteiger charge is 2.26. The normalized spacial score (nSPS) is 14.7. The Balaban J connectivity index is 1.53. The van der Waals surface area contributed by atoms with Gasteiger partial charge in [-0.25, -0.2) is 4.79 Å². The Morgan fingerprint density at radius 3 is 2.44 bits per heavy atom. The van der Waals surface area contributed by atoms with Gasteiger partial charge in [0.05, 0.1) is 6.42 Å². The lowest BCUT2D eigenvalue weighted by Crippen LogP contribution is -2.48. The molecule has 1 fully saturated rings. The van der Waals surface area contributed by atoms with Gasteiger partial charge in [-0.1, -0.05) is 30.3 Å². The Morgan fingerprint density at radius 2 is 1.78 bits per heavy atom. The molecule has 0 atom stereocenters. The SMILES string of the molecule is CC(C)(C)OC(=O)NC1CCN(C(=O)Cc2cc(O)ccc2OCc2ccccc2)CC1. The smallest absolute Gasteiger partial charge is 0.407 e. The molecule has 0 aromatic heterocycles. The van der Waals surface area contributed by atoms with E-state index >= 15 is 0 Å². The van der Waals surface area contributed by atoms with Crippen LogP contribution in [0.1, 0.15) is 44.7 Å². The highest BCUT2D eigenvalue weighted by molar-refractivity contribution is 5.80. The number of hydrogen-bond donors (Lipinski definition) is 2. The van der Waals surface area contributed by atoms with Crippen LogP contribution in [-0.2, 0) is 22.6 Å². The van der Waals surface area contributed by atoms with Crippen LogP contribution in [0, 0.1) is 0 Å². The Labute approximate surface area is 189 Å². The first-order valence-corrected chi connectivity index (χ1v) is 11.0. The number of nitrogens with one attached hydrogen (secondary N) is 1. The summed E-state index contributed by atoms with van der Waals surface area (Å²) in [7, 11) is 0. The summed E-state index contributed by atoms with van der Waals surface area (Å²) in [6.45, 7) is 6.97. The number of carbonyl (C=O) groups is 2. The third kappa shape index (κ3) is 7.18. The van der Waals surface area contributed by atoms with Crippen molar-refractivity contribution in [1.82, 2.24) is 10.2 Å². The number of piperidine rings is 1. The summed E-state index contributed by atoms with van der Waals surface area (Å²) in [4.78, 5) is 26.7. The van der Waals surface area contributed by atoms with Crippen LogP contribution in [0.15, 0.2) is 48.5 Å². The molecule has 3 rings (SSSR count). The van der Waals surface area contributed by atoms with Crippen LogP contribution < -0.4 is 10.1 Å². The molecule has 172 valence electrons. The quantitative estimate of drug-likeness (QED) is 0.708. The maximum atomic E-state index is 12.9. The molecule has 32 heavy (non-hydrogen) atoms. The summed E-state index contributed by atoms with van der Waals surface area (Å²) >= 11 is 0. The lowest BCUT2D eigenvalue weighted by Gasteiger charge is -2.33. The molecule has 7 nitrogen and oxygen atoms in total. The van der Waals surface area contributed by atoms with Gasteiger partial charge in [-0.05, 0) is 57.4 Å². The van der Waals surface area contributed by atoms with Gasteiger partial charge in [0.2, 0.25) is 5.91 Å². The van der Waals surface area contributed by atoms with Crippen LogP contribution in [0.2, 0.25) is 0 Å². The zero-order valence-electron chi connectivity index (χ0n) is 19.0. The number of nitrogens with zero attached hydrogens (tertiary/aromatic N) is 1. The Morgan fingerprint density at radius 1 is 1.09 bits per heavy atom. The van der Waals surface area contributed by atoms with Crippen molar-refractivity contribution in [3.8, 4) is 11.5 Å². The number of aromatic hydroxyl groups is 1. The first kappa shape index (κ1) is 23.4. The first-order valence-electron chi connectivity index (χ1n) is 11.0. The van der Waals surface area contributed by atoms with Gasteiger partial charge in [-0.2, -0.15) is 0 Å². The Kier molecular flexibility index (Phi) is 7.62. The number of amides is 2. The van der Waals surface area contributed by atoms with Gasteiger partial charge < -0.3 is 24.8 Å². The van der Waals surface area contributed by atoms with Gasteiger partial charge in [0.25, 0.3) is 0 Å². The van der Waals surface area contributed by atoms with Crippen molar-refractivity contribution >= 4 is 12.0 Å². The molecule has 2 amide bonds. The van der Waals surface area contributed by atoms with E-state index in [-0.39, 0.29) is 24.1 Å². The third-order valence-electron chi connectivity index (χ3n) is 5.19. The molecule has 1 saturated heterocycles. The molecular formula is C25H32N2O5. The average molecular weight is 441 g/mol. The number of ether oxygens (including phenoxy) is 2. The summed E-state index contributed by atoms with van der Waals surface area (Å²) in [5.41, 5.74) is 1.14. The number of phenolic OH excluding ortho intramolecular Hbond substituents is 1. The minimum atomic E-state index is -0.539. The number of carbonyl (C=O) groups excluding carboxylic acids is 2. The van der Waals surface area contributed by atoms with Crippen molar-refractivity contribution in [3.63, 3.8) is 0 Å². The molecule has 0 radical (unpaired) electrons. The number of likely N-dealkylation sites (tertiary alicyclic amines) is 1. The standard InChI is InChI=1S/C25H32N2O5/c1-25(2,3)32-24(30)26-20-11-13-27(14-12-20)23(29)16-19-15-21(28)9-10-22(19)31-17-18-7-5-4-6-8-18/h4-10,15,20,28H,11-14,16-17H2,1-3H3,(H,26,30). The van der Waals surface area contributed by atoms with Gasteiger partial charge >= 0.3 is 6.09 Å². The van der Waals surface area contributed by atoms with Crippen molar-refractivity contribution < 1.29 is 24.2 Å². The molecule has 1 aliphatic heterocycles. The zero-order chi connectivity index (χ0) is 23.1. The largest absolute Gasteiger partial charge is 0.508 e. The van der Waals surface area contributed by atoms with Gasteiger partial charge in [0.1, 0.15) is 23.7 Å². The van der Waals surface area contributed by atoms with Crippen molar-refractivity contribution in [2.24, 2.45) is 0 Å². The molecule has 1 aliphatic rings. The molecule has 0 bridgehead atoms. The van der Waals surface area contributed by atoms with E-state index in [2.05, 4.69) is 5.32 Å². The minimum Gasteiger partial charge on any atom is -0.508 e. The first-order chi connectivity index (χ1) is 15.2. The minimum absolute atomic E-state index is 0.0144. The Bertz CT molecular complexity index is 916. The zero-order valence-corrected chi connectivity index (χ0v) is 19.0. The van der Waals surface area contributed by atoms with Crippen LogP contribution in [0.5, 0.6) is 11.5 Å². The molecule has 2 aromatic carbocycles. The predicted molar refractivity (Wildman–Crippen MR) is 122 cm³/mol. The summed E-state index contributed by atoms with van der Waals surface area (Å²) in [5.74, 6) is 0.650. The number of alkyl carbamates (subject to hydrolysis) is 1. The summed E-state index contributed by atoms with van der Waals surface area (Å²) < 4.78 is 11.2. The van der Waals surface area contributed by atoms with E-state index in [9.17, 15) is 14.7 Å². The van der Waals surface area contributed by atoms with E-state index in [1.165, 1.54) is 0 Å². The van der Waals surface area contributed by atoms with Crippen molar-refractivity contribution in [1.29, 1.82) is 0 Å². The van der Waals surface area contributed by atoms with Gasteiger partial charge in [0.15, 0.2) is 0 Å². The number of benzene rings is 2. The van der Waals surface area contributed by atoms with E-state index in [0.29, 0.717) is 43.9 Å². The number of rotatable bonds is 6. The third-order valence-corrected chi connectivity index (χ3v) is 5.19. The van der Waals surface area contributed by atoms with Gasteiger partial charge in [-0.15, -0.1) is 0 Å². The number of hydrogen-bond acceptors (Lipinski definition) is 5. The highest BCUT2D eigenvalue weighted by atomic mass is 16.6. The lowest BCUT2D eigenvalue weighted by atomic mass is 10.0. The Hall–Kier alpha value is -3.22. The van der Waals surface area contributed by atoms with E-state index in [4.69, 9.17) is 9.47 Å². The fraction of sp³-hybridized carbons (Fsp3) is 0.440. The molecular weight excluding hydrogens is 408 g/mol. The molecule has 2 aromatic rings. The van der Waals surface area contributed by atoms with E-state index in [1.807, 2.05) is 51.1 Å². The molecule has 0 unspecified atom stereocenters. The van der Waals surface area contributed by atoms with E-state index < -0.39 is 11.7 Å². The topological polar surface area (TPSA) is 88.1 Å². The predicted octanol–water partition coefficient (Wildman–Crippen LogP) is 4.03. The molecule has 7 heteroatoms. The lowest BCUT2D eigenvalue weighted by molar-refractivity contribution is -0.131. The maximum Gasteiger partial charge on any atom is 0.407 e. The van der Waals surface area contributed by atoms with Crippen molar-refractivity contribution in [2.75, 3.05) is 13.1 Å². The molecule has 0 saturated carbocycles. The summed E-state index contributed by atoms with van der Waals surface area (Å²) in [6.07, 6.45) is 1.05. The monoisotopic (exact) mass is 440 g/mol. The van der Waals surface area contributed by atoms with Crippen LogP contribution in [-0.4, -0.2) is 46.7 Å². The van der Waals surface area contributed by atoms with Crippen molar-refractivity contribution in [3.05, 3.63) is 59.7 Å². The number of phenols is 1. The second-order valence-corrected chi connectivity index (χ2v) is 9.04. The van der Waals surface area contributed by atoms with Gasteiger partial charge in [0, 0.05) is 24.7 Å². The van der Waals surface area contributed by atoms with Crippen LogP contribution in [0.4, 0.5) is 4.79 Å². The second-order valence-electron chi connectivity index (χ2n) is 9.04.